The Morgan fingerprint density at radius 2 is 1.96 bits per heavy atom. The number of Topliss-reactive ketones (excluding diaryl/α,β-unsaturated/α-hetero) is 1. The fraction of sp³-hybridized carbons (Fsp3) is 0.263. The van der Waals surface area contributed by atoms with E-state index in [9.17, 15) is 4.79 Å². The maximum absolute atomic E-state index is 12.5. The molecular formula is C19H18N4O. The van der Waals surface area contributed by atoms with Crippen LogP contribution in [0, 0.1) is 6.92 Å². The zero-order chi connectivity index (χ0) is 16.5. The average molecular weight is 318 g/mol. The molecule has 1 heterocycles. The lowest BCUT2D eigenvalue weighted by molar-refractivity contribution is 0.0961. The number of nitrogens with zero attached hydrogens (tertiary/aromatic N) is 4. The van der Waals surface area contributed by atoms with Crippen molar-refractivity contribution in [3.8, 4) is 11.4 Å². The summed E-state index contributed by atoms with van der Waals surface area (Å²) in [6, 6.07) is 13.9. The minimum Gasteiger partial charge on any atom is -0.292 e. The molecule has 1 aromatic heterocycles. The van der Waals surface area contributed by atoms with E-state index in [1.165, 1.54) is 22.3 Å². The van der Waals surface area contributed by atoms with Crippen LogP contribution < -0.4 is 0 Å². The smallest absolute Gasteiger partial charge is 0.205 e. The molecule has 0 unspecified atom stereocenters. The van der Waals surface area contributed by atoms with Gasteiger partial charge in [0, 0.05) is 11.1 Å². The molecule has 0 saturated heterocycles. The van der Waals surface area contributed by atoms with Gasteiger partial charge in [0.2, 0.25) is 5.82 Å². The molecule has 0 spiro atoms. The quantitative estimate of drug-likeness (QED) is 0.694. The van der Waals surface area contributed by atoms with Crippen molar-refractivity contribution in [3.63, 3.8) is 0 Å². The van der Waals surface area contributed by atoms with Crippen LogP contribution in [0.2, 0.25) is 0 Å². The topological polar surface area (TPSA) is 60.7 Å². The van der Waals surface area contributed by atoms with Crippen molar-refractivity contribution in [2.24, 2.45) is 0 Å². The van der Waals surface area contributed by atoms with E-state index >= 15 is 0 Å². The van der Waals surface area contributed by atoms with Crippen LogP contribution in [0.15, 0.2) is 42.5 Å². The van der Waals surface area contributed by atoms with Gasteiger partial charge in [0.15, 0.2) is 5.78 Å². The van der Waals surface area contributed by atoms with Crippen LogP contribution in [0.3, 0.4) is 0 Å². The number of ketones is 1. The molecule has 4 rings (SSSR count). The number of hydrogen-bond acceptors (Lipinski definition) is 4. The molecule has 2 aromatic carbocycles. The Labute approximate surface area is 140 Å². The summed E-state index contributed by atoms with van der Waals surface area (Å²) in [6.07, 6.45) is 3.36. The molecule has 120 valence electrons. The summed E-state index contributed by atoms with van der Waals surface area (Å²) in [4.78, 5) is 13.9. The molecule has 3 aromatic rings. The fourth-order valence-electron chi connectivity index (χ4n) is 3.21. The molecule has 0 saturated carbocycles. The third-order valence-electron chi connectivity index (χ3n) is 4.54. The number of carbonyl (C=O) groups is 1. The molecule has 0 amide bonds. The van der Waals surface area contributed by atoms with E-state index in [0.29, 0.717) is 5.82 Å². The molecule has 0 fully saturated rings. The number of tetrazole rings is 1. The number of aromatic nitrogens is 4. The number of aryl methyl sites for hydroxylation is 3. The average Bonchev–Trinajstić information content (AvgIpc) is 3.23. The Morgan fingerprint density at radius 3 is 2.83 bits per heavy atom. The normalized spacial score (nSPS) is 13.0. The van der Waals surface area contributed by atoms with Crippen LogP contribution in [0.25, 0.3) is 11.4 Å². The molecule has 0 bridgehead atoms. The highest BCUT2D eigenvalue weighted by Gasteiger charge is 2.16. The maximum atomic E-state index is 12.5. The van der Waals surface area contributed by atoms with Crippen LogP contribution in [0.1, 0.15) is 33.5 Å². The molecule has 24 heavy (non-hydrogen) atoms. The van der Waals surface area contributed by atoms with Crippen LogP contribution in [0.5, 0.6) is 0 Å². The molecular weight excluding hydrogens is 300 g/mol. The van der Waals surface area contributed by atoms with Gasteiger partial charge in [-0.1, -0.05) is 36.4 Å². The van der Waals surface area contributed by atoms with E-state index in [-0.39, 0.29) is 12.3 Å². The van der Waals surface area contributed by atoms with Gasteiger partial charge in [-0.05, 0) is 54.2 Å². The molecule has 0 radical (unpaired) electrons. The zero-order valence-corrected chi connectivity index (χ0v) is 13.6. The van der Waals surface area contributed by atoms with Gasteiger partial charge in [-0.2, -0.15) is 4.80 Å². The van der Waals surface area contributed by atoms with Gasteiger partial charge in [-0.3, -0.25) is 4.79 Å². The Balaban J connectivity index is 1.54. The van der Waals surface area contributed by atoms with E-state index in [1.807, 2.05) is 43.3 Å². The second-order valence-electron chi connectivity index (χ2n) is 6.22. The Morgan fingerprint density at radius 1 is 1.12 bits per heavy atom. The van der Waals surface area contributed by atoms with Gasteiger partial charge < -0.3 is 0 Å². The summed E-state index contributed by atoms with van der Waals surface area (Å²) < 4.78 is 0. The van der Waals surface area contributed by atoms with Crippen molar-refractivity contribution in [1.82, 2.24) is 20.2 Å². The highest BCUT2D eigenvalue weighted by atomic mass is 16.1. The van der Waals surface area contributed by atoms with E-state index in [2.05, 4.69) is 21.5 Å². The van der Waals surface area contributed by atoms with Crippen molar-refractivity contribution < 1.29 is 4.79 Å². The number of carbonyl (C=O) groups excluding carboxylic acids is 1. The second kappa shape index (κ2) is 6.00. The molecule has 0 aliphatic heterocycles. The predicted molar refractivity (Wildman–Crippen MR) is 90.8 cm³/mol. The molecule has 5 nitrogen and oxygen atoms in total. The third-order valence-corrected chi connectivity index (χ3v) is 4.54. The minimum atomic E-state index is 0.0124. The van der Waals surface area contributed by atoms with Gasteiger partial charge in [0.05, 0.1) is 0 Å². The zero-order valence-electron chi connectivity index (χ0n) is 13.6. The van der Waals surface area contributed by atoms with E-state index in [1.54, 1.807) is 0 Å². The van der Waals surface area contributed by atoms with Crippen molar-refractivity contribution in [3.05, 3.63) is 64.7 Å². The highest BCUT2D eigenvalue weighted by Crippen LogP contribution is 2.23. The lowest BCUT2D eigenvalue weighted by atomic mass is 10.0. The summed E-state index contributed by atoms with van der Waals surface area (Å²) in [5, 5.41) is 12.5. The first kappa shape index (κ1) is 14.8. The Bertz CT molecular complexity index is 913. The summed E-state index contributed by atoms with van der Waals surface area (Å²) in [5.41, 5.74) is 5.42. The van der Waals surface area contributed by atoms with E-state index in [4.69, 9.17) is 0 Å². The van der Waals surface area contributed by atoms with E-state index in [0.717, 1.165) is 29.5 Å². The Kier molecular flexibility index (Phi) is 3.69. The third kappa shape index (κ3) is 2.73. The van der Waals surface area contributed by atoms with Crippen LogP contribution in [-0.4, -0.2) is 26.0 Å². The fourth-order valence-corrected chi connectivity index (χ4v) is 3.21. The van der Waals surface area contributed by atoms with Crippen molar-refractivity contribution in [2.75, 3.05) is 0 Å². The summed E-state index contributed by atoms with van der Waals surface area (Å²) in [7, 11) is 0. The molecule has 0 atom stereocenters. The van der Waals surface area contributed by atoms with Gasteiger partial charge in [0.25, 0.3) is 0 Å². The van der Waals surface area contributed by atoms with Crippen molar-refractivity contribution in [2.45, 2.75) is 32.7 Å². The maximum Gasteiger partial charge on any atom is 0.205 e. The lowest BCUT2D eigenvalue weighted by Crippen LogP contribution is -2.13. The first-order chi connectivity index (χ1) is 11.7. The second-order valence-corrected chi connectivity index (χ2v) is 6.22. The monoisotopic (exact) mass is 318 g/mol. The summed E-state index contributed by atoms with van der Waals surface area (Å²) in [6.45, 7) is 2.11. The number of hydrogen-bond donors (Lipinski definition) is 0. The summed E-state index contributed by atoms with van der Waals surface area (Å²) >= 11 is 0. The van der Waals surface area contributed by atoms with Crippen LogP contribution in [-0.2, 0) is 19.4 Å². The SMILES string of the molecule is Cc1ccccc1-c1nnn(CC(=O)c2ccc3c(c2)CCC3)n1. The highest BCUT2D eigenvalue weighted by molar-refractivity contribution is 5.96. The lowest BCUT2D eigenvalue weighted by Gasteiger charge is -2.04. The molecule has 1 aliphatic carbocycles. The molecule has 5 heteroatoms. The standard InChI is InChI=1S/C19H18N4O/c1-13-5-2-3-8-17(13)19-20-22-23(21-19)12-18(24)16-10-9-14-6-4-7-15(14)11-16/h2-3,5,8-11H,4,6-7,12H2,1H3. The van der Waals surface area contributed by atoms with Crippen LogP contribution in [0.4, 0.5) is 0 Å². The first-order valence-corrected chi connectivity index (χ1v) is 8.19. The minimum absolute atomic E-state index is 0.0124. The van der Waals surface area contributed by atoms with Crippen LogP contribution >= 0.6 is 0 Å². The van der Waals surface area contributed by atoms with Gasteiger partial charge in [-0.15, -0.1) is 10.2 Å². The van der Waals surface area contributed by atoms with Gasteiger partial charge in [0.1, 0.15) is 6.54 Å². The van der Waals surface area contributed by atoms with E-state index < -0.39 is 0 Å². The Hall–Kier alpha value is -2.82. The van der Waals surface area contributed by atoms with Gasteiger partial charge in [-0.25, -0.2) is 0 Å². The largest absolute Gasteiger partial charge is 0.292 e. The number of fused-ring (bicyclic) bond motifs is 1. The van der Waals surface area contributed by atoms with Crippen molar-refractivity contribution in [1.29, 1.82) is 0 Å². The predicted octanol–water partition coefficient (Wildman–Crippen LogP) is 3.02. The summed E-state index contributed by atoms with van der Waals surface area (Å²) in [5.74, 6) is 0.563. The van der Waals surface area contributed by atoms with Gasteiger partial charge >= 0.3 is 0 Å². The molecule has 0 N–H and O–H groups in total. The first-order valence-electron chi connectivity index (χ1n) is 8.19. The van der Waals surface area contributed by atoms with Crippen molar-refractivity contribution >= 4 is 5.78 Å². The number of rotatable bonds is 4. The molecule has 1 aliphatic rings. The number of benzene rings is 2.